The highest BCUT2D eigenvalue weighted by atomic mass is 16.7. The normalized spacial score (nSPS) is 52.5. The highest BCUT2D eigenvalue weighted by molar-refractivity contribution is 4.96. The number of ether oxygens (including phenoxy) is 5. The molecule has 3 aliphatic heterocycles. The minimum absolute atomic E-state index is 0.717. The third-order valence-corrected chi connectivity index (χ3v) is 6.17. The molecular weight excluding hydrogens is 470 g/mol. The first kappa shape index (κ1) is 27.9. The van der Waals surface area contributed by atoms with E-state index in [0.29, 0.717) is 0 Å². The molecule has 0 aliphatic carbocycles. The van der Waals surface area contributed by atoms with Gasteiger partial charge in [0.25, 0.3) is 0 Å². The number of nitrogens with two attached hydrogens (primary N) is 1. The fourth-order valence-corrected chi connectivity index (χ4v) is 4.09. The van der Waals surface area contributed by atoms with Gasteiger partial charge < -0.3 is 80.5 Å². The number of aliphatic hydroxyl groups is 10. The molecule has 0 aromatic carbocycles. The molecule has 0 aromatic heterocycles. The lowest BCUT2D eigenvalue weighted by molar-refractivity contribution is -0.374. The van der Waals surface area contributed by atoms with Gasteiger partial charge in [-0.2, -0.15) is 0 Å². The molecule has 3 rings (SSSR count). The van der Waals surface area contributed by atoms with Gasteiger partial charge in [-0.05, 0) is 0 Å². The lowest BCUT2D eigenvalue weighted by Crippen LogP contribution is -2.67. The predicted octanol–water partition coefficient (Wildman–Crippen LogP) is -7.61. The van der Waals surface area contributed by atoms with Gasteiger partial charge in [0.2, 0.25) is 0 Å². The molecular formula is C18H33NO15. The highest BCUT2D eigenvalue weighted by Gasteiger charge is 2.53. The Morgan fingerprint density at radius 1 is 0.529 bits per heavy atom. The quantitative estimate of drug-likeness (QED) is 0.154. The number of hydrogen-bond donors (Lipinski definition) is 11. The van der Waals surface area contributed by atoms with Gasteiger partial charge in [0, 0.05) is 0 Å². The van der Waals surface area contributed by atoms with E-state index in [1.54, 1.807) is 0 Å². The lowest BCUT2D eigenvalue weighted by Gasteiger charge is -2.48. The molecule has 15 atom stereocenters. The predicted molar refractivity (Wildman–Crippen MR) is 103 cm³/mol. The lowest BCUT2D eigenvalue weighted by atomic mass is 9.95. The van der Waals surface area contributed by atoms with Gasteiger partial charge in [0.05, 0.1) is 25.9 Å². The Morgan fingerprint density at radius 2 is 1.03 bits per heavy atom. The van der Waals surface area contributed by atoms with Crippen LogP contribution in [-0.2, 0) is 23.7 Å². The van der Waals surface area contributed by atoms with Crippen LogP contribution >= 0.6 is 0 Å². The zero-order chi connectivity index (χ0) is 25.3. The summed E-state index contributed by atoms with van der Waals surface area (Å²) < 4.78 is 26.7. The van der Waals surface area contributed by atoms with Crippen molar-refractivity contribution >= 4 is 0 Å². The van der Waals surface area contributed by atoms with Crippen LogP contribution in [0.2, 0.25) is 0 Å². The van der Waals surface area contributed by atoms with Gasteiger partial charge in [0.15, 0.2) is 18.9 Å². The maximum Gasteiger partial charge on any atom is 0.187 e. The van der Waals surface area contributed by atoms with Gasteiger partial charge >= 0.3 is 0 Å². The van der Waals surface area contributed by atoms with Crippen molar-refractivity contribution in [1.82, 2.24) is 0 Å². The number of aliphatic hydroxyl groups excluding tert-OH is 10. The third kappa shape index (κ3) is 5.37. The summed E-state index contributed by atoms with van der Waals surface area (Å²) in [4.78, 5) is 0. The van der Waals surface area contributed by atoms with E-state index in [2.05, 4.69) is 0 Å². The Balaban J connectivity index is 1.78. The topological polar surface area (TPSA) is 274 Å². The molecule has 0 aromatic rings. The molecule has 0 saturated carbocycles. The number of rotatable bonds is 7. The van der Waals surface area contributed by atoms with Crippen LogP contribution in [0, 0.1) is 0 Å². The van der Waals surface area contributed by atoms with E-state index in [9.17, 15) is 51.1 Å². The fourth-order valence-electron chi connectivity index (χ4n) is 4.09. The summed E-state index contributed by atoms with van der Waals surface area (Å²) in [6.45, 7) is -2.25. The van der Waals surface area contributed by atoms with Gasteiger partial charge in [-0.1, -0.05) is 0 Å². The van der Waals surface area contributed by atoms with Crippen LogP contribution in [-0.4, -0.2) is 163 Å². The molecule has 0 amide bonds. The smallest absolute Gasteiger partial charge is 0.187 e. The molecule has 3 heterocycles. The van der Waals surface area contributed by atoms with Crippen molar-refractivity contribution in [1.29, 1.82) is 0 Å². The van der Waals surface area contributed by atoms with E-state index in [0.717, 1.165) is 0 Å². The first-order chi connectivity index (χ1) is 16.0. The van der Waals surface area contributed by atoms with Crippen LogP contribution in [0.1, 0.15) is 0 Å². The average molecular weight is 503 g/mol. The Hall–Kier alpha value is -0.640. The second-order valence-electron chi connectivity index (χ2n) is 8.42. The zero-order valence-electron chi connectivity index (χ0n) is 17.9. The molecule has 10 unspecified atom stereocenters. The minimum atomic E-state index is -1.86. The molecule has 34 heavy (non-hydrogen) atoms. The van der Waals surface area contributed by atoms with E-state index in [1.165, 1.54) is 0 Å². The van der Waals surface area contributed by atoms with E-state index in [1.807, 2.05) is 0 Å². The summed E-state index contributed by atoms with van der Waals surface area (Å²) in [6.07, 6.45) is -22.7. The van der Waals surface area contributed by atoms with Gasteiger partial charge in [-0.25, -0.2) is 0 Å². The van der Waals surface area contributed by atoms with Crippen LogP contribution in [0.15, 0.2) is 0 Å². The minimum Gasteiger partial charge on any atom is -0.394 e. The van der Waals surface area contributed by atoms with Crippen molar-refractivity contribution < 1.29 is 74.7 Å². The largest absolute Gasteiger partial charge is 0.394 e. The van der Waals surface area contributed by atoms with Gasteiger partial charge in [-0.3, -0.25) is 0 Å². The number of hydrogen-bond acceptors (Lipinski definition) is 16. The maximum atomic E-state index is 10.8. The summed E-state index contributed by atoms with van der Waals surface area (Å²) in [6, 6.07) is -1.34. The summed E-state index contributed by atoms with van der Waals surface area (Å²) in [7, 11) is 0. The summed E-state index contributed by atoms with van der Waals surface area (Å²) in [5.41, 5.74) is 5.66. The third-order valence-electron chi connectivity index (χ3n) is 6.17. The van der Waals surface area contributed by atoms with Crippen molar-refractivity contribution in [2.45, 2.75) is 92.1 Å². The molecule has 16 heteroatoms. The SMILES string of the molecule is NC1C(O)[C@H](OC2OC(CO)[C@H](O)C(O[C@H]3OC(CO)[C@H](O)C(O)C3O)C2O)C(CO)O[C@H]1O. The highest BCUT2D eigenvalue weighted by Crippen LogP contribution is 2.32. The molecule has 3 aliphatic rings. The maximum absolute atomic E-state index is 10.8. The molecule has 12 N–H and O–H groups in total. The Morgan fingerprint density at radius 3 is 1.59 bits per heavy atom. The van der Waals surface area contributed by atoms with Crippen LogP contribution in [0.25, 0.3) is 0 Å². The van der Waals surface area contributed by atoms with E-state index >= 15 is 0 Å². The van der Waals surface area contributed by atoms with Gasteiger partial charge in [0.1, 0.15) is 67.1 Å². The van der Waals surface area contributed by atoms with Crippen molar-refractivity contribution in [3.05, 3.63) is 0 Å². The first-order valence-electron chi connectivity index (χ1n) is 10.7. The van der Waals surface area contributed by atoms with Crippen molar-refractivity contribution in [3.8, 4) is 0 Å². The molecule has 0 bridgehead atoms. The monoisotopic (exact) mass is 503 g/mol. The first-order valence-corrected chi connectivity index (χ1v) is 10.7. The van der Waals surface area contributed by atoms with Crippen LogP contribution < -0.4 is 5.73 Å². The Bertz CT molecular complexity index is 642. The van der Waals surface area contributed by atoms with Crippen molar-refractivity contribution in [2.24, 2.45) is 5.73 Å². The van der Waals surface area contributed by atoms with Crippen molar-refractivity contribution in [3.63, 3.8) is 0 Å². The van der Waals surface area contributed by atoms with Crippen LogP contribution in [0.4, 0.5) is 0 Å². The summed E-state index contributed by atoms with van der Waals surface area (Å²) in [5.74, 6) is 0. The second-order valence-corrected chi connectivity index (χ2v) is 8.42. The molecule has 0 radical (unpaired) electrons. The summed E-state index contributed by atoms with van der Waals surface area (Å²) >= 11 is 0. The molecule has 0 spiro atoms. The standard InChI is InChI=1S/C18H33NO15/c19-7-10(25)14(6(3-22)30-16(7)29)33-18-13(28)15(9(24)5(2-21)32-18)34-17-12(27)11(26)8(23)4(1-20)31-17/h4-18,20-29H,1-3,19H2/t4?,5?,6?,7?,8-,9-,10?,11?,12?,13?,14+,15?,16+,17+,18?/m0/s1. The fraction of sp³-hybridized carbons (Fsp3) is 1.00. The van der Waals surface area contributed by atoms with Gasteiger partial charge in [-0.15, -0.1) is 0 Å². The van der Waals surface area contributed by atoms with E-state index < -0.39 is 112 Å². The zero-order valence-corrected chi connectivity index (χ0v) is 17.9. The summed E-state index contributed by atoms with van der Waals surface area (Å²) in [5, 5.41) is 99.9. The Kier molecular flexibility index (Phi) is 9.54. The molecule has 200 valence electrons. The van der Waals surface area contributed by atoms with Crippen molar-refractivity contribution in [2.75, 3.05) is 19.8 Å². The van der Waals surface area contributed by atoms with Crippen LogP contribution in [0.5, 0.6) is 0 Å². The van der Waals surface area contributed by atoms with E-state index in [4.69, 9.17) is 29.4 Å². The second kappa shape index (κ2) is 11.6. The molecule has 3 fully saturated rings. The Labute approximate surface area is 193 Å². The average Bonchev–Trinajstić information content (AvgIpc) is 2.83. The molecule has 3 saturated heterocycles. The van der Waals surface area contributed by atoms with E-state index in [-0.39, 0.29) is 0 Å². The van der Waals surface area contributed by atoms with Crippen LogP contribution in [0.3, 0.4) is 0 Å². The molecule has 16 nitrogen and oxygen atoms in total.